The SMILES string of the molecule is CC1(C)[C@@H]2CC[C@@](C)(O2)[C@H]1CCc1ccc2c(c1)C(=O)C=CC2=O. The van der Waals surface area contributed by atoms with Crippen molar-refractivity contribution in [2.45, 2.75) is 58.2 Å². The maximum Gasteiger partial charge on any atom is 0.186 e. The smallest absolute Gasteiger partial charge is 0.186 e. The molecule has 3 nitrogen and oxygen atoms in total. The lowest BCUT2D eigenvalue weighted by atomic mass is 9.62. The highest BCUT2D eigenvalue weighted by Gasteiger charge is 2.60. The van der Waals surface area contributed by atoms with Gasteiger partial charge in [-0.25, -0.2) is 0 Å². The average Bonchev–Trinajstić information content (AvgIpc) is 3.02. The number of allylic oxidation sites excluding steroid dienone is 2. The highest BCUT2D eigenvalue weighted by Crippen LogP contribution is 2.58. The van der Waals surface area contributed by atoms with E-state index in [4.69, 9.17) is 4.74 Å². The van der Waals surface area contributed by atoms with Gasteiger partial charge >= 0.3 is 0 Å². The molecule has 24 heavy (non-hydrogen) atoms. The summed E-state index contributed by atoms with van der Waals surface area (Å²) < 4.78 is 6.29. The lowest BCUT2D eigenvalue weighted by molar-refractivity contribution is 0.00469. The van der Waals surface area contributed by atoms with Gasteiger partial charge in [0.05, 0.1) is 11.7 Å². The monoisotopic (exact) mass is 324 g/mol. The molecular weight excluding hydrogens is 300 g/mol. The van der Waals surface area contributed by atoms with E-state index in [1.807, 2.05) is 12.1 Å². The Morgan fingerprint density at radius 1 is 1.08 bits per heavy atom. The minimum atomic E-state index is -0.0775. The van der Waals surface area contributed by atoms with Crippen LogP contribution >= 0.6 is 0 Å². The van der Waals surface area contributed by atoms with Crippen LogP contribution in [-0.4, -0.2) is 23.3 Å². The Kier molecular flexibility index (Phi) is 3.37. The van der Waals surface area contributed by atoms with E-state index >= 15 is 0 Å². The fourth-order valence-electron chi connectivity index (χ4n) is 5.14. The largest absolute Gasteiger partial charge is 0.371 e. The van der Waals surface area contributed by atoms with Crippen LogP contribution < -0.4 is 0 Å². The summed E-state index contributed by atoms with van der Waals surface area (Å²) in [6, 6.07) is 5.70. The summed E-state index contributed by atoms with van der Waals surface area (Å²) in [7, 11) is 0. The molecule has 1 aliphatic carbocycles. The number of hydrogen-bond acceptors (Lipinski definition) is 3. The molecule has 0 saturated carbocycles. The summed E-state index contributed by atoms with van der Waals surface area (Å²) in [5.41, 5.74) is 2.41. The first-order valence-electron chi connectivity index (χ1n) is 8.89. The molecule has 0 N–H and O–H groups in total. The summed E-state index contributed by atoms with van der Waals surface area (Å²) >= 11 is 0. The van der Waals surface area contributed by atoms with Crippen LogP contribution in [-0.2, 0) is 11.2 Å². The van der Waals surface area contributed by atoms with Crippen LogP contribution in [0.4, 0.5) is 0 Å². The number of carbonyl (C=O) groups excluding carboxylic acids is 2. The van der Waals surface area contributed by atoms with Crippen molar-refractivity contribution in [2.24, 2.45) is 11.3 Å². The Morgan fingerprint density at radius 3 is 2.46 bits per heavy atom. The first kappa shape index (κ1) is 15.8. The zero-order valence-electron chi connectivity index (χ0n) is 14.6. The first-order valence-corrected chi connectivity index (χ1v) is 8.89. The Morgan fingerprint density at radius 2 is 1.79 bits per heavy atom. The molecule has 2 heterocycles. The second kappa shape index (κ2) is 5.13. The first-order chi connectivity index (χ1) is 11.3. The van der Waals surface area contributed by atoms with E-state index in [1.165, 1.54) is 18.6 Å². The van der Waals surface area contributed by atoms with Gasteiger partial charge in [-0.05, 0) is 67.7 Å². The van der Waals surface area contributed by atoms with Crippen LogP contribution in [0.5, 0.6) is 0 Å². The molecule has 3 heteroatoms. The van der Waals surface area contributed by atoms with Crippen LogP contribution in [0.15, 0.2) is 30.4 Å². The van der Waals surface area contributed by atoms with Crippen molar-refractivity contribution >= 4 is 11.6 Å². The summed E-state index contributed by atoms with van der Waals surface area (Å²) in [6.07, 6.45) is 7.40. The average molecular weight is 324 g/mol. The molecule has 3 atom stereocenters. The van der Waals surface area contributed by atoms with Gasteiger partial charge in [0.2, 0.25) is 0 Å². The zero-order valence-corrected chi connectivity index (χ0v) is 14.6. The van der Waals surface area contributed by atoms with Crippen molar-refractivity contribution in [2.75, 3.05) is 0 Å². The van der Waals surface area contributed by atoms with Gasteiger partial charge in [-0.15, -0.1) is 0 Å². The molecule has 0 aromatic heterocycles. The third-order valence-corrected chi connectivity index (χ3v) is 6.50. The van der Waals surface area contributed by atoms with Crippen LogP contribution in [0.1, 0.15) is 66.3 Å². The predicted molar refractivity (Wildman–Crippen MR) is 92.3 cm³/mol. The molecule has 0 radical (unpaired) electrons. The van der Waals surface area contributed by atoms with Crippen LogP contribution in [0.2, 0.25) is 0 Å². The number of hydrogen-bond donors (Lipinski definition) is 0. The molecule has 2 bridgehead atoms. The molecule has 2 saturated heterocycles. The minimum absolute atomic E-state index is 0.00308. The summed E-state index contributed by atoms with van der Waals surface area (Å²) in [5, 5.41) is 0. The van der Waals surface area contributed by atoms with Gasteiger partial charge in [0, 0.05) is 11.1 Å². The quantitative estimate of drug-likeness (QED) is 0.839. The van der Waals surface area contributed by atoms with E-state index in [0.717, 1.165) is 24.8 Å². The van der Waals surface area contributed by atoms with E-state index in [-0.39, 0.29) is 22.6 Å². The van der Waals surface area contributed by atoms with Crippen LogP contribution in [0, 0.1) is 11.3 Å². The third kappa shape index (κ3) is 2.21. The van der Waals surface area contributed by atoms with Gasteiger partial charge < -0.3 is 4.74 Å². The number of benzene rings is 1. The zero-order chi connectivity index (χ0) is 17.1. The maximum absolute atomic E-state index is 12.0. The molecule has 0 spiro atoms. The lowest BCUT2D eigenvalue weighted by Gasteiger charge is -2.39. The Balaban J connectivity index is 1.54. The van der Waals surface area contributed by atoms with Crippen molar-refractivity contribution < 1.29 is 14.3 Å². The number of carbonyl (C=O) groups is 2. The standard InChI is InChI=1S/C21H24O3/c1-20(2)18(21(3)11-10-19(20)24-21)9-5-13-4-6-14-15(12-13)17(23)8-7-16(14)22/h4,6-8,12,18-19H,5,9-11H2,1-3H3/t18-,19-,21+/m0/s1. The number of rotatable bonds is 3. The Hall–Kier alpha value is -1.74. The topological polar surface area (TPSA) is 43.4 Å². The van der Waals surface area contributed by atoms with Crippen molar-refractivity contribution in [3.8, 4) is 0 Å². The third-order valence-electron chi connectivity index (χ3n) is 6.50. The molecule has 1 aromatic rings. The Bertz CT molecular complexity index is 754. The van der Waals surface area contributed by atoms with E-state index in [2.05, 4.69) is 20.8 Å². The van der Waals surface area contributed by atoms with Crippen molar-refractivity contribution in [3.05, 3.63) is 47.0 Å². The fraction of sp³-hybridized carbons (Fsp3) is 0.524. The van der Waals surface area contributed by atoms with Gasteiger partial charge in [-0.2, -0.15) is 0 Å². The highest BCUT2D eigenvalue weighted by atomic mass is 16.5. The highest BCUT2D eigenvalue weighted by molar-refractivity contribution is 6.22. The molecule has 3 aliphatic rings. The van der Waals surface area contributed by atoms with Gasteiger partial charge in [0.25, 0.3) is 0 Å². The molecule has 0 unspecified atom stereocenters. The Labute approximate surface area is 143 Å². The molecule has 2 fully saturated rings. The molecule has 126 valence electrons. The van der Waals surface area contributed by atoms with E-state index in [9.17, 15) is 9.59 Å². The van der Waals surface area contributed by atoms with Gasteiger partial charge in [-0.3, -0.25) is 9.59 Å². The molecular formula is C21H24O3. The van der Waals surface area contributed by atoms with Crippen LogP contribution in [0.3, 0.4) is 0 Å². The van der Waals surface area contributed by atoms with Crippen molar-refractivity contribution in [3.63, 3.8) is 0 Å². The lowest BCUT2D eigenvalue weighted by Crippen LogP contribution is -2.40. The molecule has 0 amide bonds. The summed E-state index contributed by atoms with van der Waals surface area (Å²) in [4.78, 5) is 23.9. The maximum atomic E-state index is 12.0. The second-order valence-corrected chi connectivity index (χ2v) is 8.31. The van der Waals surface area contributed by atoms with Gasteiger partial charge in [0.1, 0.15) is 0 Å². The van der Waals surface area contributed by atoms with Crippen molar-refractivity contribution in [1.29, 1.82) is 0 Å². The van der Waals surface area contributed by atoms with Crippen LogP contribution in [0.25, 0.3) is 0 Å². The van der Waals surface area contributed by atoms with Crippen molar-refractivity contribution in [1.82, 2.24) is 0 Å². The second-order valence-electron chi connectivity index (χ2n) is 8.31. The van der Waals surface area contributed by atoms with E-state index in [1.54, 1.807) is 6.07 Å². The summed E-state index contributed by atoms with van der Waals surface area (Å²) in [6.45, 7) is 6.91. The van der Waals surface area contributed by atoms with E-state index < -0.39 is 0 Å². The molecule has 4 rings (SSSR count). The summed E-state index contributed by atoms with van der Waals surface area (Å²) in [5.74, 6) is 0.380. The fourth-order valence-corrected chi connectivity index (χ4v) is 5.14. The number of aryl methyl sites for hydroxylation is 1. The van der Waals surface area contributed by atoms with E-state index in [0.29, 0.717) is 23.1 Å². The van der Waals surface area contributed by atoms with Gasteiger partial charge in [0.15, 0.2) is 11.6 Å². The number of ether oxygens (including phenoxy) is 1. The molecule has 2 aliphatic heterocycles. The number of fused-ring (bicyclic) bond motifs is 3. The normalized spacial score (nSPS) is 33.1. The van der Waals surface area contributed by atoms with Gasteiger partial charge in [-0.1, -0.05) is 26.0 Å². The minimum Gasteiger partial charge on any atom is -0.371 e. The number of ketones is 2. The predicted octanol–water partition coefficient (Wildman–Crippen LogP) is 4.15. The molecule has 1 aromatic carbocycles.